The molecular weight excluding hydrogens is 268 g/mol. The van der Waals surface area contributed by atoms with E-state index in [9.17, 15) is 4.79 Å². The molecule has 0 aliphatic rings. The number of hydrogen-bond donors (Lipinski definition) is 2. The van der Waals surface area contributed by atoms with Crippen LogP contribution in [0.2, 0.25) is 0 Å². The van der Waals surface area contributed by atoms with Crippen molar-refractivity contribution in [3.63, 3.8) is 0 Å². The minimum absolute atomic E-state index is 0.161. The number of carbonyl (C=O) groups excluding carboxylic acids is 1. The van der Waals surface area contributed by atoms with E-state index in [1.54, 1.807) is 0 Å². The maximum absolute atomic E-state index is 11.5. The quantitative estimate of drug-likeness (QED) is 0.876. The number of urea groups is 1. The number of anilines is 1. The third-order valence-corrected chi connectivity index (χ3v) is 2.43. The SMILES string of the molecule is Cc1cc(Br)cc(NC(=O)NCC(C)C)c1. The van der Waals surface area contributed by atoms with Crippen molar-refractivity contribution >= 4 is 27.6 Å². The van der Waals surface area contributed by atoms with Gasteiger partial charge in [0, 0.05) is 16.7 Å². The van der Waals surface area contributed by atoms with Crippen LogP contribution in [0.25, 0.3) is 0 Å². The molecular formula is C12H17BrN2O. The van der Waals surface area contributed by atoms with Crippen LogP contribution in [-0.4, -0.2) is 12.6 Å². The number of benzene rings is 1. The maximum Gasteiger partial charge on any atom is 0.319 e. The number of rotatable bonds is 3. The van der Waals surface area contributed by atoms with E-state index in [0.29, 0.717) is 12.5 Å². The van der Waals surface area contributed by atoms with E-state index in [-0.39, 0.29) is 6.03 Å². The highest BCUT2D eigenvalue weighted by Gasteiger charge is 2.03. The molecule has 0 saturated carbocycles. The second kappa shape index (κ2) is 5.89. The molecule has 1 aromatic carbocycles. The number of nitrogens with one attached hydrogen (secondary N) is 2. The summed E-state index contributed by atoms with van der Waals surface area (Å²) in [7, 11) is 0. The van der Waals surface area contributed by atoms with Gasteiger partial charge in [0.1, 0.15) is 0 Å². The molecule has 0 saturated heterocycles. The molecule has 16 heavy (non-hydrogen) atoms. The Kier molecular flexibility index (Phi) is 4.80. The van der Waals surface area contributed by atoms with Crippen molar-refractivity contribution < 1.29 is 4.79 Å². The highest BCUT2D eigenvalue weighted by molar-refractivity contribution is 9.10. The number of amides is 2. The van der Waals surface area contributed by atoms with Gasteiger partial charge in [-0.25, -0.2) is 4.79 Å². The van der Waals surface area contributed by atoms with E-state index in [2.05, 4.69) is 40.4 Å². The van der Waals surface area contributed by atoms with Crippen LogP contribution in [0.15, 0.2) is 22.7 Å². The van der Waals surface area contributed by atoms with Gasteiger partial charge in [-0.3, -0.25) is 0 Å². The van der Waals surface area contributed by atoms with Crippen molar-refractivity contribution in [1.29, 1.82) is 0 Å². The van der Waals surface area contributed by atoms with Gasteiger partial charge in [-0.15, -0.1) is 0 Å². The van der Waals surface area contributed by atoms with Crippen LogP contribution >= 0.6 is 15.9 Å². The fourth-order valence-corrected chi connectivity index (χ4v) is 1.89. The summed E-state index contributed by atoms with van der Waals surface area (Å²) in [6, 6.07) is 5.64. The van der Waals surface area contributed by atoms with Gasteiger partial charge in [-0.05, 0) is 36.6 Å². The van der Waals surface area contributed by atoms with Gasteiger partial charge in [0.05, 0.1) is 0 Å². The van der Waals surface area contributed by atoms with Crippen molar-refractivity contribution in [2.45, 2.75) is 20.8 Å². The average Bonchev–Trinajstić information content (AvgIpc) is 2.12. The van der Waals surface area contributed by atoms with Crippen molar-refractivity contribution in [3.05, 3.63) is 28.2 Å². The van der Waals surface area contributed by atoms with Crippen LogP contribution in [-0.2, 0) is 0 Å². The zero-order chi connectivity index (χ0) is 12.1. The van der Waals surface area contributed by atoms with Gasteiger partial charge >= 0.3 is 6.03 Å². The van der Waals surface area contributed by atoms with Crippen LogP contribution in [0.4, 0.5) is 10.5 Å². The molecule has 0 spiro atoms. The van der Waals surface area contributed by atoms with E-state index >= 15 is 0 Å². The van der Waals surface area contributed by atoms with Gasteiger partial charge in [0.15, 0.2) is 0 Å². The first-order chi connectivity index (χ1) is 7.47. The van der Waals surface area contributed by atoms with Crippen LogP contribution in [0.1, 0.15) is 19.4 Å². The minimum atomic E-state index is -0.161. The third-order valence-electron chi connectivity index (χ3n) is 1.97. The van der Waals surface area contributed by atoms with E-state index < -0.39 is 0 Å². The topological polar surface area (TPSA) is 41.1 Å². The number of aryl methyl sites for hydroxylation is 1. The molecule has 2 amide bonds. The lowest BCUT2D eigenvalue weighted by Crippen LogP contribution is -2.31. The summed E-state index contributed by atoms with van der Waals surface area (Å²) in [6.45, 7) is 6.79. The lowest BCUT2D eigenvalue weighted by molar-refractivity contribution is 0.251. The summed E-state index contributed by atoms with van der Waals surface area (Å²) < 4.78 is 0.964. The van der Waals surface area contributed by atoms with Crippen LogP contribution in [0.3, 0.4) is 0 Å². The van der Waals surface area contributed by atoms with E-state index in [0.717, 1.165) is 15.7 Å². The predicted octanol–water partition coefficient (Wildman–Crippen LogP) is 3.54. The summed E-state index contributed by atoms with van der Waals surface area (Å²) in [5.74, 6) is 0.454. The highest BCUT2D eigenvalue weighted by Crippen LogP contribution is 2.18. The molecule has 1 rings (SSSR count). The van der Waals surface area contributed by atoms with E-state index in [1.165, 1.54) is 0 Å². The first kappa shape index (κ1) is 13.0. The Morgan fingerprint density at radius 1 is 1.38 bits per heavy atom. The number of halogens is 1. The fraction of sp³-hybridized carbons (Fsp3) is 0.417. The van der Waals surface area contributed by atoms with E-state index in [4.69, 9.17) is 0 Å². The summed E-state index contributed by atoms with van der Waals surface area (Å²) in [5.41, 5.74) is 1.90. The average molecular weight is 285 g/mol. The molecule has 4 heteroatoms. The smallest absolute Gasteiger partial charge is 0.319 e. The molecule has 0 radical (unpaired) electrons. The Labute approximate surface area is 105 Å². The molecule has 0 unspecified atom stereocenters. The Morgan fingerprint density at radius 2 is 2.06 bits per heavy atom. The van der Waals surface area contributed by atoms with E-state index in [1.807, 2.05) is 25.1 Å². The molecule has 88 valence electrons. The zero-order valence-corrected chi connectivity index (χ0v) is 11.4. The molecule has 0 aromatic heterocycles. The van der Waals surface area contributed by atoms with Gasteiger partial charge in [-0.1, -0.05) is 29.8 Å². The molecule has 3 nitrogen and oxygen atoms in total. The monoisotopic (exact) mass is 284 g/mol. The molecule has 1 aromatic rings. The summed E-state index contributed by atoms with van der Waals surface area (Å²) in [5, 5.41) is 5.60. The van der Waals surface area contributed by atoms with Gasteiger partial charge in [-0.2, -0.15) is 0 Å². The largest absolute Gasteiger partial charge is 0.338 e. The van der Waals surface area contributed by atoms with Crippen molar-refractivity contribution in [3.8, 4) is 0 Å². The number of hydrogen-bond acceptors (Lipinski definition) is 1. The van der Waals surface area contributed by atoms with Crippen molar-refractivity contribution in [1.82, 2.24) is 5.32 Å². The second-order valence-electron chi connectivity index (χ2n) is 4.25. The van der Waals surface area contributed by atoms with Crippen LogP contribution < -0.4 is 10.6 Å². The first-order valence-corrected chi connectivity index (χ1v) is 6.08. The van der Waals surface area contributed by atoms with Crippen LogP contribution in [0, 0.1) is 12.8 Å². The van der Waals surface area contributed by atoms with Crippen molar-refractivity contribution in [2.75, 3.05) is 11.9 Å². The maximum atomic E-state index is 11.5. The molecule has 0 fully saturated rings. The standard InChI is InChI=1S/C12H17BrN2O/c1-8(2)7-14-12(16)15-11-5-9(3)4-10(13)6-11/h4-6,8H,7H2,1-3H3,(H2,14,15,16). The summed E-state index contributed by atoms with van der Waals surface area (Å²) >= 11 is 3.39. The number of carbonyl (C=O) groups is 1. The summed E-state index contributed by atoms with van der Waals surface area (Å²) in [6.07, 6.45) is 0. The molecule has 0 atom stereocenters. The van der Waals surface area contributed by atoms with Crippen molar-refractivity contribution in [2.24, 2.45) is 5.92 Å². The normalized spacial score (nSPS) is 10.3. The highest BCUT2D eigenvalue weighted by atomic mass is 79.9. The minimum Gasteiger partial charge on any atom is -0.338 e. The third kappa shape index (κ3) is 4.66. The zero-order valence-electron chi connectivity index (χ0n) is 9.80. The van der Waals surface area contributed by atoms with Crippen LogP contribution in [0.5, 0.6) is 0 Å². The lowest BCUT2D eigenvalue weighted by Gasteiger charge is -2.10. The first-order valence-electron chi connectivity index (χ1n) is 5.29. The Balaban J connectivity index is 2.56. The molecule has 0 aliphatic heterocycles. The summed E-state index contributed by atoms with van der Waals surface area (Å²) in [4.78, 5) is 11.5. The van der Waals surface area contributed by atoms with Gasteiger partial charge < -0.3 is 10.6 Å². The van der Waals surface area contributed by atoms with Gasteiger partial charge in [0.25, 0.3) is 0 Å². The second-order valence-corrected chi connectivity index (χ2v) is 5.16. The molecule has 2 N–H and O–H groups in total. The fourth-order valence-electron chi connectivity index (χ4n) is 1.28. The molecule has 0 bridgehead atoms. The van der Waals surface area contributed by atoms with Gasteiger partial charge in [0.2, 0.25) is 0 Å². The Morgan fingerprint density at radius 3 is 2.62 bits per heavy atom. The molecule has 0 aliphatic carbocycles. The lowest BCUT2D eigenvalue weighted by atomic mass is 10.2. The Bertz CT molecular complexity index is 357. The predicted molar refractivity (Wildman–Crippen MR) is 70.7 cm³/mol. The Hall–Kier alpha value is -1.03. The molecule has 0 heterocycles.